The van der Waals surface area contributed by atoms with Gasteiger partial charge in [-0.2, -0.15) is 0 Å². The molecule has 114 valence electrons. The number of hydrogen-bond donors (Lipinski definition) is 1. The fourth-order valence-corrected chi connectivity index (χ4v) is 3.41. The van der Waals surface area contributed by atoms with Crippen LogP contribution in [0.2, 0.25) is 0 Å². The lowest BCUT2D eigenvalue weighted by Crippen LogP contribution is -2.26. The molecule has 1 rings (SSSR count). The highest BCUT2D eigenvalue weighted by Gasteiger charge is 2.32. The first-order chi connectivity index (χ1) is 9.63. The minimum absolute atomic E-state index is 0.0927. The van der Waals surface area contributed by atoms with E-state index in [2.05, 4.69) is 26.8 Å². The van der Waals surface area contributed by atoms with Gasteiger partial charge in [-0.05, 0) is 49.8 Å². The summed E-state index contributed by atoms with van der Waals surface area (Å²) in [5.41, 5.74) is 1.17. The molecule has 1 N–H and O–H groups in total. The molecule has 0 heterocycles. The lowest BCUT2D eigenvalue weighted by atomic mass is 9.70. The van der Waals surface area contributed by atoms with Crippen LogP contribution >= 0.6 is 0 Å². The molecule has 0 fully saturated rings. The maximum absolute atomic E-state index is 10.4. The van der Waals surface area contributed by atoms with E-state index in [4.69, 9.17) is 4.74 Å². The van der Waals surface area contributed by atoms with Crippen LogP contribution in [0.1, 0.15) is 71.8 Å². The predicted octanol–water partition coefficient (Wildman–Crippen LogP) is 5.43. The van der Waals surface area contributed by atoms with Crippen molar-refractivity contribution in [3.63, 3.8) is 0 Å². The van der Waals surface area contributed by atoms with Crippen molar-refractivity contribution in [1.29, 1.82) is 0 Å². The van der Waals surface area contributed by atoms with E-state index in [-0.39, 0.29) is 5.41 Å². The van der Waals surface area contributed by atoms with Crippen LogP contribution in [0, 0.1) is 0 Å². The average molecular weight is 278 g/mol. The van der Waals surface area contributed by atoms with E-state index < -0.39 is 0 Å². The van der Waals surface area contributed by atoms with Gasteiger partial charge in [0.2, 0.25) is 0 Å². The normalized spacial score (nSPS) is 11.6. The number of aromatic hydroxyl groups is 1. The summed E-state index contributed by atoms with van der Waals surface area (Å²) in [4.78, 5) is 0. The molecule has 0 atom stereocenters. The minimum atomic E-state index is 0.0927. The molecule has 2 nitrogen and oxygen atoms in total. The lowest BCUT2D eigenvalue weighted by molar-refractivity contribution is 0.306. The average Bonchev–Trinajstić information content (AvgIpc) is 2.42. The summed E-state index contributed by atoms with van der Waals surface area (Å²) in [6.45, 7) is 9.33. The van der Waals surface area contributed by atoms with E-state index in [0.29, 0.717) is 12.4 Å². The topological polar surface area (TPSA) is 29.5 Å². The molecule has 0 aliphatic heterocycles. The van der Waals surface area contributed by atoms with Gasteiger partial charge in [0.25, 0.3) is 0 Å². The zero-order valence-electron chi connectivity index (χ0n) is 13.5. The Morgan fingerprint density at radius 2 is 1.50 bits per heavy atom. The van der Waals surface area contributed by atoms with Gasteiger partial charge in [0.15, 0.2) is 0 Å². The van der Waals surface area contributed by atoms with E-state index >= 15 is 0 Å². The van der Waals surface area contributed by atoms with Crippen molar-refractivity contribution in [2.75, 3.05) is 6.61 Å². The third-order valence-electron chi connectivity index (χ3n) is 4.04. The maximum Gasteiger partial charge on any atom is 0.119 e. The van der Waals surface area contributed by atoms with Gasteiger partial charge >= 0.3 is 0 Å². The monoisotopic (exact) mass is 278 g/mol. The smallest absolute Gasteiger partial charge is 0.119 e. The zero-order valence-corrected chi connectivity index (χ0v) is 13.5. The van der Waals surface area contributed by atoms with Gasteiger partial charge in [-0.25, -0.2) is 0 Å². The summed E-state index contributed by atoms with van der Waals surface area (Å²) < 4.78 is 5.62. The molecule has 0 amide bonds. The highest BCUT2D eigenvalue weighted by Crippen LogP contribution is 2.44. The molecule has 0 radical (unpaired) electrons. The summed E-state index contributed by atoms with van der Waals surface area (Å²) >= 11 is 0. The second kappa shape index (κ2) is 8.18. The van der Waals surface area contributed by atoms with Crippen LogP contribution in [0.4, 0.5) is 0 Å². The molecule has 2 heteroatoms. The van der Waals surface area contributed by atoms with Crippen LogP contribution in [-0.2, 0) is 5.41 Å². The molecule has 0 aliphatic rings. The van der Waals surface area contributed by atoms with Crippen molar-refractivity contribution in [3.8, 4) is 11.5 Å². The minimum Gasteiger partial charge on any atom is -0.508 e. The first kappa shape index (κ1) is 16.9. The fraction of sp³-hybridized carbons (Fsp3) is 0.667. The highest BCUT2D eigenvalue weighted by molar-refractivity contribution is 5.44. The Bertz CT molecular complexity index is 381. The third-order valence-corrected chi connectivity index (χ3v) is 4.04. The van der Waals surface area contributed by atoms with Gasteiger partial charge in [0.05, 0.1) is 6.61 Å². The van der Waals surface area contributed by atoms with Crippen molar-refractivity contribution >= 4 is 0 Å². The summed E-state index contributed by atoms with van der Waals surface area (Å²) in [6, 6.07) is 5.70. The van der Waals surface area contributed by atoms with Crippen molar-refractivity contribution < 1.29 is 9.84 Å². The first-order valence-corrected chi connectivity index (χ1v) is 8.09. The van der Waals surface area contributed by atoms with Gasteiger partial charge < -0.3 is 9.84 Å². The number of ether oxygens (including phenoxy) is 1. The van der Waals surface area contributed by atoms with E-state index in [9.17, 15) is 5.11 Å². The van der Waals surface area contributed by atoms with Crippen LogP contribution < -0.4 is 4.74 Å². The fourth-order valence-electron chi connectivity index (χ4n) is 3.41. The SMILES string of the molecule is CCCC(CCC)(CCC)c1cc(OCC)ccc1O. The lowest BCUT2D eigenvalue weighted by Gasteiger charge is -2.35. The van der Waals surface area contributed by atoms with Gasteiger partial charge in [-0.15, -0.1) is 0 Å². The van der Waals surface area contributed by atoms with Crippen LogP contribution in [0.25, 0.3) is 0 Å². The highest BCUT2D eigenvalue weighted by atomic mass is 16.5. The second-order valence-corrected chi connectivity index (χ2v) is 5.64. The third kappa shape index (κ3) is 3.91. The molecular weight excluding hydrogens is 248 g/mol. The molecule has 0 aromatic heterocycles. The number of phenolic OH excluding ortho intramolecular Hbond substituents is 1. The van der Waals surface area contributed by atoms with Crippen molar-refractivity contribution in [3.05, 3.63) is 23.8 Å². The standard InChI is InChI=1S/C18H30O2/c1-5-11-18(12-6-2,13-7-3)16-14-15(20-8-4)9-10-17(16)19/h9-10,14,19H,5-8,11-13H2,1-4H3. The molecule has 0 saturated heterocycles. The molecule has 1 aromatic rings. The van der Waals surface area contributed by atoms with E-state index in [0.717, 1.165) is 49.8 Å². The zero-order chi connectivity index (χ0) is 15.0. The summed E-state index contributed by atoms with van der Waals surface area (Å²) in [5.74, 6) is 1.29. The summed E-state index contributed by atoms with van der Waals surface area (Å²) in [6.07, 6.45) is 6.78. The van der Waals surface area contributed by atoms with Crippen LogP contribution in [0.3, 0.4) is 0 Å². The Morgan fingerprint density at radius 3 is 1.95 bits per heavy atom. The number of benzene rings is 1. The molecule has 20 heavy (non-hydrogen) atoms. The van der Waals surface area contributed by atoms with Crippen molar-refractivity contribution in [2.45, 2.75) is 71.6 Å². The molecule has 1 aromatic carbocycles. The van der Waals surface area contributed by atoms with Crippen LogP contribution in [0.5, 0.6) is 11.5 Å². The number of hydrogen-bond acceptors (Lipinski definition) is 2. The molecule has 0 saturated carbocycles. The van der Waals surface area contributed by atoms with E-state index in [1.807, 2.05) is 13.0 Å². The summed E-state index contributed by atoms with van der Waals surface area (Å²) in [7, 11) is 0. The first-order valence-electron chi connectivity index (χ1n) is 8.09. The van der Waals surface area contributed by atoms with Gasteiger partial charge in [-0.3, -0.25) is 0 Å². The maximum atomic E-state index is 10.4. The Morgan fingerprint density at radius 1 is 0.950 bits per heavy atom. The summed E-state index contributed by atoms with van der Waals surface area (Å²) in [5, 5.41) is 10.4. The quantitative estimate of drug-likeness (QED) is 0.652. The molecule has 0 spiro atoms. The van der Waals surface area contributed by atoms with Crippen molar-refractivity contribution in [2.24, 2.45) is 0 Å². The predicted molar refractivity (Wildman–Crippen MR) is 85.7 cm³/mol. The number of rotatable bonds is 9. The molecular formula is C18H30O2. The Hall–Kier alpha value is -1.18. The second-order valence-electron chi connectivity index (χ2n) is 5.64. The molecule has 0 aliphatic carbocycles. The van der Waals surface area contributed by atoms with Gasteiger partial charge in [-0.1, -0.05) is 40.0 Å². The Balaban J connectivity index is 3.25. The van der Waals surface area contributed by atoms with Gasteiger partial charge in [0, 0.05) is 5.56 Å². The van der Waals surface area contributed by atoms with Gasteiger partial charge in [0.1, 0.15) is 11.5 Å². The Kier molecular flexibility index (Phi) is 6.90. The van der Waals surface area contributed by atoms with Crippen molar-refractivity contribution in [1.82, 2.24) is 0 Å². The number of phenols is 1. The largest absolute Gasteiger partial charge is 0.508 e. The van der Waals surface area contributed by atoms with Crippen LogP contribution in [-0.4, -0.2) is 11.7 Å². The van der Waals surface area contributed by atoms with Crippen LogP contribution in [0.15, 0.2) is 18.2 Å². The molecule has 0 unspecified atom stereocenters. The van der Waals surface area contributed by atoms with E-state index in [1.165, 1.54) is 0 Å². The Labute approximate surface area is 124 Å². The van der Waals surface area contributed by atoms with E-state index in [1.54, 1.807) is 6.07 Å². The molecule has 0 bridgehead atoms.